The van der Waals surface area contributed by atoms with Gasteiger partial charge in [-0.25, -0.2) is 0 Å². The summed E-state index contributed by atoms with van der Waals surface area (Å²) in [6.45, 7) is 9.68. The molecule has 1 atom stereocenters. The molecular formula is C26H35ClN2O2. The van der Waals surface area contributed by atoms with E-state index in [1.54, 1.807) is 7.11 Å². The predicted molar refractivity (Wildman–Crippen MR) is 128 cm³/mol. The van der Waals surface area contributed by atoms with Gasteiger partial charge in [0.1, 0.15) is 11.5 Å². The molecule has 2 aromatic carbocycles. The number of methoxy groups -OCH3 is 1. The van der Waals surface area contributed by atoms with Crippen LogP contribution in [0.15, 0.2) is 36.4 Å². The predicted octanol–water partition coefficient (Wildman–Crippen LogP) is 5.43. The fourth-order valence-electron chi connectivity index (χ4n) is 4.95. The molecule has 5 heteroatoms. The van der Waals surface area contributed by atoms with Crippen LogP contribution in [-0.2, 0) is 6.54 Å². The lowest BCUT2D eigenvalue weighted by Crippen LogP contribution is -2.39. The molecule has 168 valence electrons. The van der Waals surface area contributed by atoms with Crippen LogP contribution in [0.5, 0.6) is 11.5 Å². The highest BCUT2D eigenvalue weighted by Gasteiger charge is 2.26. The summed E-state index contributed by atoms with van der Waals surface area (Å²) in [6.07, 6.45) is 2.46. The number of likely N-dealkylation sites (tertiary alicyclic amines) is 1. The van der Waals surface area contributed by atoms with Crippen LogP contribution < -0.4 is 9.47 Å². The van der Waals surface area contributed by atoms with E-state index in [4.69, 9.17) is 21.1 Å². The van der Waals surface area contributed by atoms with Gasteiger partial charge in [0.15, 0.2) is 0 Å². The molecule has 0 radical (unpaired) electrons. The van der Waals surface area contributed by atoms with Crippen LogP contribution in [0.25, 0.3) is 0 Å². The average Bonchev–Trinajstić information content (AvgIpc) is 2.77. The summed E-state index contributed by atoms with van der Waals surface area (Å²) in [5.41, 5.74) is 3.94. The number of likely N-dealkylation sites (N-methyl/N-ethyl adjacent to an activating group) is 1. The number of nitrogens with zero attached hydrogens (tertiary/aromatic N) is 2. The minimum absolute atomic E-state index is 0.298. The van der Waals surface area contributed by atoms with Crippen molar-refractivity contribution in [2.24, 2.45) is 5.92 Å². The van der Waals surface area contributed by atoms with Gasteiger partial charge in [0.05, 0.1) is 18.7 Å². The summed E-state index contributed by atoms with van der Waals surface area (Å²) < 4.78 is 11.6. The zero-order chi connectivity index (χ0) is 22.0. The van der Waals surface area contributed by atoms with E-state index in [2.05, 4.69) is 55.0 Å². The molecule has 0 spiro atoms. The van der Waals surface area contributed by atoms with Gasteiger partial charge in [-0.05, 0) is 93.7 Å². The smallest absolute Gasteiger partial charge is 0.137 e. The fraction of sp³-hybridized carbons (Fsp3) is 0.538. The Balaban J connectivity index is 1.45. The zero-order valence-electron chi connectivity index (χ0n) is 19.2. The molecule has 0 saturated carbocycles. The molecule has 2 aliphatic rings. The number of rotatable bonds is 6. The Morgan fingerprint density at radius 3 is 2.55 bits per heavy atom. The summed E-state index contributed by atoms with van der Waals surface area (Å²) in [5, 5.41) is 0.665. The lowest BCUT2D eigenvalue weighted by molar-refractivity contribution is 0.119. The van der Waals surface area contributed by atoms with E-state index in [-0.39, 0.29) is 0 Å². The second kappa shape index (κ2) is 9.81. The summed E-state index contributed by atoms with van der Waals surface area (Å²) in [6, 6.07) is 13.4. The first-order valence-corrected chi connectivity index (χ1v) is 11.8. The van der Waals surface area contributed by atoms with Crippen molar-refractivity contribution in [2.45, 2.75) is 45.2 Å². The minimum Gasteiger partial charge on any atom is -0.495 e. The molecule has 1 fully saturated rings. The topological polar surface area (TPSA) is 24.9 Å². The van der Waals surface area contributed by atoms with E-state index in [0.29, 0.717) is 22.9 Å². The van der Waals surface area contributed by atoms with Crippen LogP contribution in [0.3, 0.4) is 0 Å². The maximum absolute atomic E-state index is 6.42. The highest BCUT2D eigenvalue weighted by molar-refractivity contribution is 6.32. The van der Waals surface area contributed by atoms with Gasteiger partial charge in [-0.1, -0.05) is 23.7 Å². The van der Waals surface area contributed by atoms with Crippen LogP contribution in [0.2, 0.25) is 5.02 Å². The van der Waals surface area contributed by atoms with Crippen LogP contribution in [0.4, 0.5) is 0 Å². The van der Waals surface area contributed by atoms with Crippen LogP contribution in [-0.4, -0.2) is 56.2 Å². The Morgan fingerprint density at radius 1 is 1.10 bits per heavy atom. The molecule has 4 nitrogen and oxygen atoms in total. The van der Waals surface area contributed by atoms with Crippen LogP contribution in [0, 0.1) is 5.92 Å². The normalized spacial score (nSPS) is 20.6. The Kier molecular flexibility index (Phi) is 7.10. The number of hydrogen-bond donors (Lipinski definition) is 0. The first kappa shape index (κ1) is 22.4. The monoisotopic (exact) mass is 442 g/mol. The molecule has 0 N–H and O–H groups in total. The lowest BCUT2D eigenvalue weighted by Gasteiger charge is -2.35. The third-order valence-electron chi connectivity index (χ3n) is 6.87. The molecule has 31 heavy (non-hydrogen) atoms. The number of benzene rings is 2. The number of fused-ring (bicyclic) bond motifs is 1. The second-order valence-corrected chi connectivity index (χ2v) is 9.80. The van der Waals surface area contributed by atoms with E-state index in [0.717, 1.165) is 31.2 Å². The Bertz CT molecular complexity index is 893. The SMILES string of the molecule is COc1ccc(C2CN(C)Cc3cc(OCC4CCN(C(C)C)CC4)ccc32)cc1Cl. The largest absolute Gasteiger partial charge is 0.495 e. The molecule has 0 amide bonds. The fourth-order valence-corrected chi connectivity index (χ4v) is 5.21. The minimum atomic E-state index is 0.298. The maximum Gasteiger partial charge on any atom is 0.137 e. The Morgan fingerprint density at radius 2 is 1.87 bits per heavy atom. The van der Waals surface area contributed by atoms with Crippen molar-refractivity contribution in [2.75, 3.05) is 40.4 Å². The van der Waals surface area contributed by atoms with E-state index in [1.165, 1.54) is 42.6 Å². The summed E-state index contributed by atoms with van der Waals surface area (Å²) in [7, 11) is 3.83. The number of piperidine rings is 1. The molecule has 0 aromatic heterocycles. The Labute approximate surface area is 192 Å². The third-order valence-corrected chi connectivity index (χ3v) is 7.16. The van der Waals surface area contributed by atoms with Gasteiger partial charge in [0, 0.05) is 25.0 Å². The first-order valence-electron chi connectivity index (χ1n) is 11.5. The van der Waals surface area contributed by atoms with Crippen molar-refractivity contribution in [3.63, 3.8) is 0 Å². The average molecular weight is 443 g/mol. The molecule has 4 rings (SSSR count). The summed E-state index contributed by atoms with van der Waals surface area (Å²) in [5.74, 6) is 2.67. The molecule has 0 aliphatic carbocycles. The van der Waals surface area contributed by atoms with Crippen molar-refractivity contribution in [3.8, 4) is 11.5 Å². The van der Waals surface area contributed by atoms with Gasteiger partial charge in [-0.3, -0.25) is 0 Å². The number of hydrogen-bond acceptors (Lipinski definition) is 4. The third kappa shape index (κ3) is 5.19. The lowest BCUT2D eigenvalue weighted by atomic mass is 9.84. The van der Waals surface area contributed by atoms with Crippen molar-refractivity contribution >= 4 is 11.6 Å². The van der Waals surface area contributed by atoms with Gasteiger partial charge in [-0.2, -0.15) is 0 Å². The molecule has 1 unspecified atom stereocenters. The molecule has 1 saturated heterocycles. The summed E-state index contributed by atoms with van der Waals surface area (Å²) >= 11 is 6.42. The van der Waals surface area contributed by atoms with Gasteiger partial charge < -0.3 is 19.3 Å². The quantitative estimate of drug-likeness (QED) is 0.595. The van der Waals surface area contributed by atoms with Crippen LogP contribution in [0.1, 0.15) is 49.3 Å². The van der Waals surface area contributed by atoms with E-state index in [9.17, 15) is 0 Å². The maximum atomic E-state index is 6.42. The highest BCUT2D eigenvalue weighted by Crippen LogP contribution is 2.37. The number of ether oxygens (including phenoxy) is 2. The standard InChI is InChI=1S/C26H35ClN2O2/c1-18(2)29-11-9-19(10-12-29)17-31-22-6-7-23-21(13-22)15-28(3)16-24(23)20-5-8-26(30-4)25(27)14-20/h5-8,13-14,18-19,24H,9-12,15-17H2,1-4H3. The molecule has 2 aromatic rings. The molecule has 2 heterocycles. The molecular weight excluding hydrogens is 408 g/mol. The van der Waals surface area contributed by atoms with Crippen LogP contribution >= 0.6 is 11.6 Å². The molecule has 2 aliphatic heterocycles. The van der Waals surface area contributed by atoms with E-state index >= 15 is 0 Å². The van der Waals surface area contributed by atoms with E-state index < -0.39 is 0 Å². The highest BCUT2D eigenvalue weighted by atomic mass is 35.5. The summed E-state index contributed by atoms with van der Waals surface area (Å²) in [4.78, 5) is 4.94. The zero-order valence-corrected chi connectivity index (χ0v) is 20.0. The Hall–Kier alpha value is -1.75. The second-order valence-electron chi connectivity index (χ2n) is 9.39. The van der Waals surface area contributed by atoms with Crippen molar-refractivity contribution in [1.29, 1.82) is 0 Å². The van der Waals surface area contributed by atoms with Gasteiger partial charge in [-0.15, -0.1) is 0 Å². The van der Waals surface area contributed by atoms with Gasteiger partial charge >= 0.3 is 0 Å². The number of halogens is 1. The van der Waals surface area contributed by atoms with Crippen molar-refractivity contribution in [1.82, 2.24) is 9.80 Å². The van der Waals surface area contributed by atoms with Crippen molar-refractivity contribution in [3.05, 3.63) is 58.1 Å². The van der Waals surface area contributed by atoms with Crippen molar-refractivity contribution < 1.29 is 9.47 Å². The molecule has 0 bridgehead atoms. The van der Waals surface area contributed by atoms with Gasteiger partial charge in [0.2, 0.25) is 0 Å². The van der Waals surface area contributed by atoms with Gasteiger partial charge in [0.25, 0.3) is 0 Å². The van der Waals surface area contributed by atoms with E-state index in [1.807, 2.05) is 12.1 Å². The first-order chi connectivity index (χ1) is 14.9.